The Hall–Kier alpha value is -3.02. The molecule has 1 N–H and O–H groups in total. The van der Waals surface area contributed by atoms with E-state index in [0.29, 0.717) is 37.5 Å². The van der Waals surface area contributed by atoms with Crippen LogP contribution in [0.15, 0.2) is 54.6 Å². The van der Waals surface area contributed by atoms with Gasteiger partial charge in [0.25, 0.3) is 5.91 Å². The summed E-state index contributed by atoms with van der Waals surface area (Å²) in [6.07, 6.45) is 0.722. The van der Waals surface area contributed by atoms with E-state index in [1.54, 1.807) is 41.1 Å². The first-order valence-electron chi connectivity index (χ1n) is 9.64. The number of nitrogens with one attached hydrogen (secondary N) is 1. The number of carbonyl (C=O) groups is 2. The van der Waals surface area contributed by atoms with Crippen LogP contribution in [0.5, 0.6) is 5.75 Å². The molecule has 0 aromatic heterocycles. The lowest BCUT2D eigenvalue weighted by Crippen LogP contribution is -2.33. The standard InChI is InChI=1S/C22H29N3O3/c1-4-25(5-2)21(26)18-11-9-12-19(17-18)23-22(27)24(3)15-10-16-28-20-13-7-6-8-14-20/h6-9,11-14,17H,4-5,10,15-16H2,1-3H3,(H,23,27). The Bertz CT molecular complexity index is 761. The van der Waals surface area contributed by atoms with E-state index in [1.165, 1.54) is 0 Å². The molecule has 6 nitrogen and oxygen atoms in total. The van der Waals surface area contributed by atoms with Crippen LogP contribution in [-0.2, 0) is 0 Å². The summed E-state index contributed by atoms with van der Waals surface area (Å²) >= 11 is 0. The molecular weight excluding hydrogens is 354 g/mol. The SMILES string of the molecule is CCN(CC)C(=O)c1cccc(NC(=O)N(C)CCCOc2ccccc2)c1. The van der Waals surface area contributed by atoms with E-state index in [2.05, 4.69) is 5.32 Å². The first-order chi connectivity index (χ1) is 13.5. The monoisotopic (exact) mass is 383 g/mol. The first kappa shape index (κ1) is 21.3. The Kier molecular flexibility index (Phi) is 8.34. The molecule has 2 aromatic rings. The van der Waals surface area contributed by atoms with Crippen LogP contribution in [0.4, 0.5) is 10.5 Å². The highest BCUT2D eigenvalue weighted by molar-refractivity contribution is 5.96. The number of rotatable bonds is 9. The number of ether oxygens (including phenoxy) is 1. The topological polar surface area (TPSA) is 61.9 Å². The fourth-order valence-electron chi connectivity index (χ4n) is 2.75. The predicted molar refractivity (Wildman–Crippen MR) is 112 cm³/mol. The van der Waals surface area contributed by atoms with Crippen LogP contribution in [0.25, 0.3) is 0 Å². The number of hydrogen-bond donors (Lipinski definition) is 1. The van der Waals surface area contributed by atoms with Gasteiger partial charge >= 0.3 is 6.03 Å². The zero-order valence-corrected chi connectivity index (χ0v) is 16.9. The molecule has 2 aromatic carbocycles. The lowest BCUT2D eigenvalue weighted by atomic mass is 10.1. The summed E-state index contributed by atoms with van der Waals surface area (Å²) in [6, 6.07) is 16.4. The summed E-state index contributed by atoms with van der Waals surface area (Å²) in [5, 5.41) is 2.85. The number of nitrogens with zero attached hydrogens (tertiary/aromatic N) is 2. The Morgan fingerprint density at radius 3 is 2.39 bits per heavy atom. The first-order valence-corrected chi connectivity index (χ1v) is 9.64. The van der Waals surface area contributed by atoms with Gasteiger partial charge in [0.05, 0.1) is 6.61 Å². The van der Waals surface area contributed by atoms with Crippen molar-refractivity contribution < 1.29 is 14.3 Å². The molecule has 0 unspecified atom stereocenters. The van der Waals surface area contributed by atoms with E-state index >= 15 is 0 Å². The average molecular weight is 383 g/mol. The second-order valence-electron chi connectivity index (χ2n) is 6.43. The van der Waals surface area contributed by atoms with Crippen molar-refractivity contribution in [3.63, 3.8) is 0 Å². The maximum atomic E-state index is 12.5. The Balaban J connectivity index is 1.82. The Morgan fingerprint density at radius 1 is 1.00 bits per heavy atom. The van der Waals surface area contributed by atoms with Gasteiger partial charge in [-0.3, -0.25) is 4.79 Å². The number of amides is 3. The van der Waals surface area contributed by atoms with E-state index in [0.717, 1.165) is 12.2 Å². The average Bonchev–Trinajstić information content (AvgIpc) is 2.72. The number of anilines is 1. The van der Waals surface area contributed by atoms with Crippen molar-refractivity contribution in [2.45, 2.75) is 20.3 Å². The van der Waals surface area contributed by atoms with Gasteiger partial charge in [0, 0.05) is 37.9 Å². The third-order valence-corrected chi connectivity index (χ3v) is 4.41. The molecule has 0 heterocycles. The van der Waals surface area contributed by atoms with Gasteiger partial charge < -0.3 is 19.9 Å². The summed E-state index contributed by atoms with van der Waals surface area (Å²) < 4.78 is 5.64. The third-order valence-electron chi connectivity index (χ3n) is 4.41. The zero-order chi connectivity index (χ0) is 20.4. The molecule has 0 aliphatic carbocycles. The van der Waals surface area contributed by atoms with E-state index in [-0.39, 0.29) is 11.9 Å². The summed E-state index contributed by atoms with van der Waals surface area (Å²) in [6.45, 7) is 6.30. The number of carbonyl (C=O) groups excluding carboxylic acids is 2. The molecule has 0 bridgehead atoms. The number of hydrogen-bond acceptors (Lipinski definition) is 3. The van der Waals surface area contributed by atoms with Gasteiger partial charge in [-0.1, -0.05) is 24.3 Å². The van der Waals surface area contributed by atoms with Gasteiger partial charge in [-0.2, -0.15) is 0 Å². The molecule has 0 aliphatic heterocycles. The molecule has 0 saturated carbocycles. The van der Waals surface area contributed by atoms with Crippen LogP contribution in [0, 0.1) is 0 Å². The van der Waals surface area contributed by atoms with Crippen LogP contribution in [0.2, 0.25) is 0 Å². The molecule has 0 spiro atoms. The van der Waals surface area contributed by atoms with E-state index < -0.39 is 0 Å². The summed E-state index contributed by atoms with van der Waals surface area (Å²) in [4.78, 5) is 28.2. The minimum Gasteiger partial charge on any atom is -0.494 e. The van der Waals surface area contributed by atoms with Gasteiger partial charge in [0.15, 0.2) is 0 Å². The molecule has 0 atom stereocenters. The second-order valence-corrected chi connectivity index (χ2v) is 6.43. The molecule has 2 rings (SSSR count). The lowest BCUT2D eigenvalue weighted by molar-refractivity contribution is 0.0773. The van der Waals surface area contributed by atoms with Gasteiger partial charge in [-0.05, 0) is 50.6 Å². The number of benzene rings is 2. The maximum absolute atomic E-state index is 12.5. The van der Waals surface area contributed by atoms with Crippen LogP contribution < -0.4 is 10.1 Å². The van der Waals surface area contributed by atoms with E-state index in [4.69, 9.17) is 4.74 Å². The van der Waals surface area contributed by atoms with Crippen molar-refractivity contribution >= 4 is 17.6 Å². The van der Waals surface area contributed by atoms with Gasteiger partial charge in [-0.25, -0.2) is 4.79 Å². The molecule has 150 valence electrons. The van der Waals surface area contributed by atoms with Crippen molar-refractivity contribution in [2.24, 2.45) is 0 Å². The molecule has 28 heavy (non-hydrogen) atoms. The van der Waals surface area contributed by atoms with Crippen molar-refractivity contribution in [2.75, 3.05) is 38.6 Å². The van der Waals surface area contributed by atoms with Crippen LogP contribution in [0.1, 0.15) is 30.6 Å². The van der Waals surface area contributed by atoms with Crippen molar-refractivity contribution in [1.29, 1.82) is 0 Å². The van der Waals surface area contributed by atoms with Crippen LogP contribution >= 0.6 is 0 Å². The normalized spacial score (nSPS) is 10.2. The van der Waals surface area contributed by atoms with Crippen LogP contribution in [-0.4, -0.2) is 55.0 Å². The third kappa shape index (κ3) is 6.30. The zero-order valence-electron chi connectivity index (χ0n) is 16.9. The minimum atomic E-state index is -0.216. The Labute approximate surface area is 167 Å². The van der Waals surface area contributed by atoms with Crippen molar-refractivity contribution in [3.05, 3.63) is 60.2 Å². The molecule has 0 radical (unpaired) electrons. The molecule has 6 heteroatoms. The second kappa shape index (κ2) is 11.0. The van der Waals surface area contributed by atoms with Crippen molar-refractivity contribution in [3.8, 4) is 5.75 Å². The summed E-state index contributed by atoms with van der Waals surface area (Å²) in [5.74, 6) is 0.789. The largest absolute Gasteiger partial charge is 0.494 e. The highest BCUT2D eigenvalue weighted by Crippen LogP contribution is 2.14. The fourth-order valence-corrected chi connectivity index (χ4v) is 2.75. The predicted octanol–water partition coefficient (Wildman–Crippen LogP) is 4.10. The minimum absolute atomic E-state index is 0.0347. The molecule has 0 fully saturated rings. The maximum Gasteiger partial charge on any atom is 0.321 e. The smallest absolute Gasteiger partial charge is 0.321 e. The Morgan fingerprint density at radius 2 is 1.71 bits per heavy atom. The number of para-hydroxylation sites is 1. The van der Waals surface area contributed by atoms with Crippen molar-refractivity contribution in [1.82, 2.24) is 9.80 Å². The van der Waals surface area contributed by atoms with E-state index in [9.17, 15) is 9.59 Å². The number of urea groups is 1. The molecular formula is C22H29N3O3. The van der Waals surface area contributed by atoms with E-state index in [1.807, 2.05) is 44.2 Å². The lowest BCUT2D eigenvalue weighted by Gasteiger charge is -2.20. The molecule has 0 saturated heterocycles. The summed E-state index contributed by atoms with van der Waals surface area (Å²) in [7, 11) is 1.74. The van der Waals surface area contributed by atoms with Gasteiger partial charge in [0.2, 0.25) is 0 Å². The van der Waals surface area contributed by atoms with Gasteiger partial charge in [-0.15, -0.1) is 0 Å². The van der Waals surface area contributed by atoms with Gasteiger partial charge in [0.1, 0.15) is 5.75 Å². The highest BCUT2D eigenvalue weighted by Gasteiger charge is 2.14. The van der Waals surface area contributed by atoms with Crippen LogP contribution in [0.3, 0.4) is 0 Å². The highest BCUT2D eigenvalue weighted by atomic mass is 16.5. The summed E-state index contributed by atoms with van der Waals surface area (Å²) in [5.41, 5.74) is 1.18. The fraction of sp³-hybridized carbons (Fsp3) is 0.364. The molecule has 3 amide bonds. The quantitative estimate of drug-likeness (QED) is 0.663. The molecule has 0 aliphatic rings.